The van der Waals surface area contributed by atoms with Crippen molar-refractivity contribution in [2.45, 2.75) is 31.2 Å². The van der Waals surface area contributed by atoms with Crippen molar-refractivity contribution in [1.82, 2.24) is 4.90 Å². The second-order valence-electron chi connectivity index (χ2n) is 6.28. The molecule has 0 radical (unpaired) electrons. The summed E-state index contributed by atoms with van der Waals surface area (Å²) in [6, 6.07) is 11.2. The molecule has 142 valence electrons. The zero-order valence-corrected chi connectivity index (χ0v) is 15.6. The molecule has 1 heterocycles. The van der Waals surface area contributed by atoms with Crippen molar-refractivity contribution in [2.24, 2.45) is 0 Å². The van der Waals surface area contributed by atoms with Crippen molar-refractivity contribution in [3.05, 3.63) is 65.7 Å². The highest BCUT2D eigenvalue weighted by atomic mass is 32.2. The highest BCUT2D eigenvalue weighted by molar-refractivity contribution is 7.99. The molecule has 2 aromatic carbocycles. The molecule has 1 fully saturated rings. The zero-order chi connectivity index (χ0) is 19.4. The van der Waals surface area contributed by atoms with Crippen molar-refractivity contribution in [2.75, 3.05) is 11.1 Å². The lowest BCUT2D eigenvalue weighted by Crippen LogP contribution is -2.45. The second kappa shape index (κ2) is 8.52. The molecule has 2 atom stereocenters. The van der Waals surface area contributed by atoms with Crippen molar-refractivity contribution in [3.8, 4) is 0 Å². The van der Waals surface area contributed by atoms with Crippen molar-refractivity contribution in [1.29, 1.82) is 0 Å². The van der Waals surface area contributed by atoms with Crippen LogP contribution in [-0.4, -0.2) is 28.5 Å². The van der Waals surface area contributed by atoms with Gasteiger partial charge in [0.2, 0.25) is 11.8 Å². The van der Waals surface area contributed by atoms with E-state index in [1.807, 2.05) is 6.92 Å². The quantitative estimate of drug-likeness (QED) is 0.826. The molecule has 0 unspecified atom stereocenters. The first kappa shape index (κ1) is 19.4. The van der Waals surface area contributed by atoms with Gasteiger partial charge < -0.3 is 10.2 Å². The summed E-state index contributed by atoms with van der Waals surface area (Å²) in [5.74, 6) is -1.20. The van der Waals surface area contributed by atoms with Crippen molar-refractivity contribution >= 4 is 29.3 Å². The summed E-state index contributed by atoms with van der Waals surface area (Å²) in [6.07, 6.45) is 0.924. The molecule has 2 aromatic rings. The van der Waals surface area contributed by atoms with Crippen molar-refractivity contribution < 1.29 is 18.4 Å². The Morgan fingerprint density at radius 2 is 1.96 bits per heavy atom. The van der Waals surface area contributed by atoms with Crippen LogP contribution in [0.4, 0.5) is 14.5 Å². The molecule has 27 heavy (non-hydrogen) atoms. The van der Waals surface area contributed by atoms with Crippen LogP contribution in [0.15, 0.2) is 48.5 Å². The number of hydrogen-bond acceptors (Lipinski definition) is 3. The maximum absolute atomic E-state index is 13.9. The summed E-state index contributed by atoms with van der Waals surface area (Å²) in [7, 11) is 0. The number of amides is 2. The molecule has 4 nitrogen and oxygen atoms in total. The SMILES string of the molecule is CCCC(=O)N1[C@@H](C(=O)Nc2ccccc2F)CS[C@H]1c1cccc(F)c1. The number of hydrogen-bond donors (Lipinski definition) is 1. The minimum absolute atomic E-state index is 0.0737. The first-order valence-electron chi connectivity index (χ1n) is 8.75. The predicted molar refractivity (Wildman–Crippen MR) is 102 cm³/mol. The third-order valence-electron chi connectivity index (χ3n) is 4.32. The summed E-state index contributed by atoms with van der Waals surface area (Å²) in [5.41, 5.74) is 0.704. The average molecular weight is 390 g/mol. The third-order valence-corrected chi connectivity index (χ3v) is 5.64. The van der Waals surface area contributed by atoms with Gasteiger partial charge in [-0.05, 0) is 36.2 Å². The fourth-order valence-electron chi connectivity index (χ4n) is 3.05. The van der Waals surface area contributed by atoms with E-state index in [2.05, 4.69) is 5.32 Å². The van der Waals surface area contributed by atoms with E-state index in [-0.39, 0.29) is 18.0 Å². The third kappa shape index (κ3) is 4.30. The summed E-state index contributed by atoms with van der Waals surface area (Å²) in [6.45, 7) is 1.88. The molecule has 0 aliphatic carbocycles. The Morgan fingerprint density at radius 1 is 1.19 bits per heavy atom. The molecular weight excluding hydrogens is 370 g/mol. The monoisotopic (exact) mass is 390 g/mol. The van der Waals surface area contributed by atoms with E-state index in [1.165, 1.54) is 47.0 Å². The molecule has 3 rings (SSSR count). The highest BCUT2D eigenvalue weighted by Gasteiger charge is 2.42. The lowest BCUT2D eigenvalue weighted by molar-refractivity contribution is -0.138. The van der Waals surface area contributed by atoms with Gasteiger partial charge in [0.25, 0.3) is 0 Å². The number of thioether (sulfide) groups is 1. The minimum Gasteiger partial charge on any atom is -0.322 e. The average Bonchev–Trinajstić information content (AvgIpc) is 3.09. The van der Waals surface area contributed by atoms with E-state index in [0.717, 1.165) is 0 Å². The molecule has 1 aliphatic rings. The largest absolute Gasteiger partial charge is 0.322 e. The van der Waals surface area contributed by atoms with Crippen LogP contribution in [0.1, 0.15) is 30.7 Å². The summed E-state index contributed by atoms with van der Waals surface area (Å²) in [4.78, 5) is 27.0. The van der Waals surface area contributed by atoms with E-state index in [0.29, 0.717) is 17.7 Å². The molecule has 1 saturated heterocycles. The van der Waals surface area contributed by atoms with Gasteiger partial charge in [-0.3, -0.25) is 9.59 Å². The number of para-hydroxylation sites is 1. The van der Waals surface area contributed by atoms with Crippen molar-refractivity contribution in [3.63, 3.8) is 0 Å². The smallest absolute Gasteiger partial charge is 0.248 e. The number of halogens is 2. The highest BCUT2D eigenvalue weighted by Crippen LogP contribution is 2.42. The molecule has 2 amide bonds. The minimum atomic E-state index is -0.748. The summed E-state index contributed by atoms with van der Waals surface area (Å²) < 4.78 is 27.5. The second-order valence-corrected chi connectivity index (χ2v) is 7.39. The van der Waals surface area contributed by atoms with E-state index in [9.17, 15) is 18.4 Å². The van der Waals surface area contributed by atoms with Gasteiger partial charge in [0.1, 0.15) is 23.1 Å². The number of nitrogens with one attached hydrogen (secondary N) is 1. The molecule has 0 saturated carbocycles. The number of carbonyl (C=O) groups is 2. The lowest BCUT2D eigenvalue weighted by Gasteiger charge is -2.29. The molecule has 0 aromatic heterocycles. The van der Waals surface area contributed by atoms with Gasteiger partial charge in [-0.1, -0.05) is 31.2 Å². The van der Waals surface area contributed by atoms with E-state index < -0.39 is 29.0 Å². The van der Waals surface area contributed by atoms with Crippen LogP contribution in [0, 0.1) is 11.6 Å². The lowest BCUT2D eigenvalue weighted by atomic mass is 10.1. The Bertz CT molecular complexity index is 846. The Labute approximate surface area is 160 Å². The van der Waals surface area contributed by atoms with Gasteiger partial charge in [0, 0.05) is 12.2 Å². The van der Waals surface area contributed by atoms with Gasteiger partial charge in [-0.25, -0.2) is 8.78 Å². The fourth-order valence-corrected chi connectivity index (χ4v) is 4.49. The Kier molecular flexibility index (Phi) is 6.11. The summed E-state index contributed by atoms with van der Waals surface area (Å²) in [5, 5.41) is 2.12. The van der Waals surface area contributed by atoms with Crippen LogP contribution < -0.4 is 5.32 Å². The zero-order valence-electron chi connectivity index (χ0n) is 14.8. The van der Waals surface area contributed by atoms with Crippen LogP contribution in [0.3, 0.4) is 0 Å². The van der Waals surface area contributed by atoms with Crippen LogP contribution in [-0.2, 0) is 9.59 Å². The van der Waals surface area contributed by atoms with Crippen LogP contribution in [0.5, 0.6) is 0 Å². The molecule has 1 aliphatic heterocycles. The maximum Gasteiger partial charge on any atom is 0.248 e. The fraction of sp³-hybridized carbons (Fsp3) is 0.300. The summed E-state index contributed by atoms with van der Waals surface area (Å²) >= 11 is 1.40. The van der Waals surface area contributed by atoms with E-state index in [4.69, 9.17) is 0 Å². The topological polar surface area (TPSA) is 49.4 Å². The normalized spacial score (nSPS) is 19.1. The molecule has 7 heteroatoms. The maximum atomic E-state index is 13.9. The number of carbonyl (C=O) groups excluding carboxylic acids is 2. The molecule has 0 bridgehead atoms. The van der Waals surface area contributed by atoms with Crippen LogP contribution in [0.25, 0.3) is 0 Å². The molecule has 0 spiro atoms. The van der Waals surface area contributed by atoms with E-state index in [1.54, 1.807) is 18.2 Å². The van der Waals surface area contributed by atoms with Gasteiger partial charge in [0.15, 0.2) is 0 Å². The van der Waals surface area contributed by atoms with Crippen LogP contribution in [0.2, 0.25) is 0 Å². The Morgan fingerprint density at radius 3 is 2.67 bits per heavy atom. The Hall–Kier alpha value is -2.41. The predicted octanol–water partition coefficient (Wildman–Crippen LogP) is 4.35. The molecule has 1 N–H and O–H groups in total. The Balaban J connectivity index is 1.86. The first-order valence-corrected chi connectivity index (χ1v) is 9.79. The number of rotatable bonds is 5. The number of benzene rings is 2. The van der Waals surface area contributed by atoms with Gasteiger partial charge in [0.05, 0.1) is 5.69 Å². The van der Waals surface area contributed by atoms with E-state index >= 15 is 0 Å². The van der Waals surface area contributed by atoms with Gasteiger partial charge in [-0.2, -0.15) is 0 Å². The first-order chi connectivity index (χ1) is 13.0. The number of anilines is 1. The molecular formula is C20H20F2N2O2S. The van der Waals surface area contributed by atoms with Gasteiger partial charge >= 0.3 is 0 Å². The van der Waals surface area contributed by atoms with Crippen LogP contribution >= 0.6 is 11.8 Å². The van der Waals surface area contributed by atoms with Gasteiger partial charge in [-0.15, -0.1) is 11.8 Å². The number of nitrogens with zero attached hydrogens (tertiary/aromatic N) is 1. The standard InChI is InChI=1S/C20H20F2N2O2S/c1-2-6-18(25)24-17(19(26)23-16-10-4-3-9-15(16)22)12-27-20(24)13-7-5-8-14(21)11-13/h3-5,7-11,17,20H,2,6,12H2,1H3,(H,23,26)/t17-,20+/m1/s1.